The van der Waals surface area contributed by atoms with E-state index in [1.165, 1.54) is 6.20 Å². The number of nitrogens with zero attached hydrogens (tertiary/aromatic N) is 5. The van der Waals surface area contributed by atoms with Gasteiger partial charge in [0, 0.05) is 36.1 Å². The average Bonchev–Trinajstić information content (AvgIpc) is 3.13. The van der Waals surface area contributed by atoms with Crippen molar-refractivity contribution in [2.75, 3.05) is 0 Å². The van der Waals surface area contributed by atoms with Crippen molar-refractivity contribution in [3.8, 4) is 11.4 Å². The standard InChI is InChI=1S/C21H21N7O2/c1-2-14-4-3-13(12-27(14)17(11-22)20(23)29)19-18(24-21-26(19)9-10-30-21)16-7-8-28(25-16)15-5-6-15/h2-4,7-12,15H,5-6,22H2,1H3,(H2,23,29)/b14-2-,17-11-. The molecule has 0 radical (unpaired) electrons. The van der Waals surface area contributed by atoms with Crippen molar-refractivity contribution in [3.63, 3.8) is 0 Å². The zero-order chi connectivity index (χ0) is 20.8. The molecule has 152 valence electrons. The van der Waals surface area contributed by atoms with Crippen LogP contribution in [0.2, 0.25) is 0 Å². The molecular formula is C21H21N7O2. The van der Waals surface area contributed by atoms with Crippen LogP contribution >= 0.6 is 0 Å². The number of primary amides is 1. The highest BCUT2D eigenvalue weighted by molar-refractivity contribution is 5.93. The SMILES string of the molecule is C/C=C1/C=CC(c2c(-c3ccn(C4CC4)n3)nc3occn23)=CN1/C(=C\N)C(N)=O. The predicted molar refractivity (Wildman–Crippen MR) is 111 cm³/mol. The van der Waals surface area contributed by atoms with Gasteiger partial charge in [0.15, 0.2) is 0 Å². The molecule has 1 aliphatic carbocycles. The summed E-state index contributed by atoms with van der Waals surface area (Å²) < 4.78 is 9.37. The monoisotopic (exact) mass is 403 g/mol. The largest absolute Gasteiger partial charge is 0.432 e. The van der Waals surface area contributed by atoms with Gasteiger partial charge in [0.2, 0.25) is 0 Å². The minimum Gasteiger partial charge on any atom is -0.432 e. The summed E-state index contributed by atoms with van der Waals surface area (Å²) in [6.07, 6.45) is 16.4. The first-order valence-electron chi connectivity index (χ1n) is 9.69. The molecule has 1 fully saturated rings. The first-order chi connectivity index (χ1) is 14.6. The molecule has 2 aliphatic rings. The van der Waals surface area contributed by atoms with Crippen LogP contribution in [0.15, 0.2) is 71.2 Å². The Morgan fingerprint density at radius 3 is 2.83 bits per heavy atom. The van der Waals surface area contributed by atoms with E-state index < -0.39 is 5.91 Å². The first kappa shape index (κ1) is 18.0. The molecule has 0 bridgehead atoms. The zero-order valence-corrected chi connectivity index (χ0v) is 16.4. The Bertz CT molecular complexity index is 1260. The van der Waals surface area contributed by atoms with Crippen LogP contribution in [0, 0.1) is 0 Å². The Hall–Kier alpha value is -4.01. The van der Waals surface area contributed by atoms with Crippen LogP contribution in [0.3, 0.4) is 0 Å². The van der Waals surface area contributed by atoms with E-state index in [0.717, 1.165) is 35.5 Å². The number of rotatable bonds is 5. The van der Waals surface area contributed by atoms with Crippen LogP contribution in [-0.2, 0) is 4.79 Å². The highest BCUT2D eigenvalue weighted by Crippen LogP contribution is 2.37. The lowest BCUT2D eigenvalue weighted by atomic mass is 10.1. The van der Waals surface area contributed by atoms with E-state index >= 15 is 0 Å². The minimum absolute atomic E-state index is 0.178. The van der Waals surface area contributed by atoms with Gasteiger partial charge in [0.05, 0.1) is 11.7 Å². The van der Waals surface area contributed by atoms with Crippen LogP contribution in [0.1, 0.15) is 31.5 Å². The summed E-state index contributed by atoms with van der Waals surface area (Å²) in [6.45, 7) is 1.88. The summed E-state index contributed by atoms with van der Waals surface area (Å²) in [4.78, 5) is 18.3. The summed E-state index contributed by atoms with van der Waals surface area (Å²) in [5.41, 5.74) is 15.3. The van der Waals surface area contributed by atoms with Gasteiger partial charge in [-0.3, -0.25) is 13.9 Å². The molecule has 0 spiro atoms. The van der Waals surface area contributed by atoms with Gasteiger partial charge in [-0.1, -0.05) is 6.08 Å². The fraction of sp³-hybridized carbons (Fsp3) is 0.190. The number of imidazole rings is 1. The van der Waals surface area contributed by atoms with Crippen LogP contribution in [0.5, 0.6) is 0 Å². The summed E-state index contributed by atoms with van der Waals surface area (Å²) in [5.74, 6) is -0.156. The van der Waals surface area contributed by atoms with Gasteiger partial charge in [0.1, 0.15) is 23.3 Å². The third-order valence-electron chi connectivity index (χ3n) is 5.25. The number of amides is 1. The van der Waals surface area contributed by atoms with E-state index in [1.807, 2.05) is 52.7 Å². The Balaban J connectivity index is 1.66. The van der Waals surface area contributed by atoms with Gasteiger partial charge in [-0.25, -0.2) is 0 Å². The van der Waals surface area contributed by atoms with Gasteiger partial charge in [0.25, 0.3) is 5.91 Å². The third kappa shape index (κ3) is 2.83. The molecule has 0 unspecified atom stereocenters. The lowest BCUT2D eigenvalue weighted by Crippen LogP contribution is -2.29. The minimum atomic E-state index is -0.618. The topological polar surface area (TPSA) is 121 Å². The Morgan fingerprint density at radius 2 is 2.13 bits per heavy atom. The molecule has 4 N–H and O–H groups in total. The quantitative estimate of drug-likeness (QED) is 0.632. The maximum Gasteiger partial charge on any atom is 0.306 e. The molecule has 1 amide bonds. The zero-order valence-electron chi connectivity index (χ0n) is 16.4. The fourth-order valence-corrected chi connectivity index (χ4v) is 3.62. The number of carbonyl (C=O) groups excluding carboxylic acids is 1. The highest BCUT2D eigenvalue weighted by atomic mass is 16.3. The number of aromatic nitrogens is 4. The Labute approximate surface area is 172 Å². The van der Waals surface area contributed by atoms with E-state index in [-0.39, 0.29) is 5.70 Å². The molecule has 3 aromatic heterocycles. The van der Waals surface area contributed by atoms with Crippen molar-refractivity contribution in [2.24, 2.45) is 11.5 Å². The third-order valence-corrected chi connectivity index (χ3v) is 5.25. The van der Waals surface area contributed by atoms with Crippen molar-refractivity contribution in [3.05, 3.63) is 72.4 Å². The van der Waals surface area contributed by atoms with Crippen LogP contribution in [0.25, 0.3) is 22.8 Å². The van der Waals surface area contributed by atoms with Crippen LogP contribution in [0.4, 0.5) is 0 Å². The van der Waals surface area contributed by atoms with Gasteiger partial charge >= 0.3 is 5.84 Å². The maximum atomic E-state index is 11.9. The molecule has 9 heteroatoms. The number of allylic oxidation sites excluding steroid dienone is 4. The molecule has 0 aromatic carbocycles. The highest BCUT2D eigenvalue weighted by Gasteiger charge is 2.27. The number of nitrogens with two attached hydrogens (primary N) is 2. The van der Waals surface area contributed by atoms with Gasteiger partial charge < -0.3 is 20.8 Å². The molecule has 3 aromatic rings. The van der Waals surface area contributed by atoms with Crippen molar-refractivity contribution in [1.82, 2.24) is 24.1 Å². The maximum absolute atomic E-state index is 11.9. The summed E-state index contributed by atoms with van der Waals surface area (Å²) in [5, 5.41) is 4.72. The fourth-order valence-electron chi connectivity index (χ4n) is 3.62. The molecule has 0 atom stereocenters. The average molecular weight is 403 g/mol. The van der Waals surface area contributed by atoms with Gasteiger partial charge in [-0.05, 0) is 38.0 Å². The van der Waals surface area contributed by atoms with Crippen molar-refractivity contribution in [2.45, 2.75) is 25.8 Å². The molecule has 0 saturated heterocycles. The Morgan fingerprint density at radius 1 is 1.30 bits per heavy atom. The van der Waals surface area contributed by atoms with Gasteiger partial charge in [-0.15, -0.1) is 0 Å². The normalized spacial score (nSPS) is 18.4. The lowest BCUT2D eigenvalue weighted by molar-refractivity contribution is -0.115. The van der Waals surface area contributed by atoms with Crippen molar-refractivity contribution in [1.29, 1.82) is 0 Å². The predicted octanol–water partition coefficient (Wildman–Crippen LogP) is 2.53. The summed E-state index contributed by atoms with van der Waals surface area (Å²) in [6, 6.07) is 2.43. The van der Waals surface area contributed by atoms with E-state index in [2.05, 4.69) is 4.98 Å². The van der Waals surface area contributed by atoms with E-state index in [9.17, 15) is 4.79 Å². The molecular weight excluding hydrogens is 382 g/mol. The molecule has 9 nitrogen and oxygen atoms in total. The van der Waals surface area contributed by atoms with Crippen molar-refractivity contribution < 1.29 is 9.21 Å². The van der Waals surface area contributed by atoms with E-state index in [1.54, 1.807) is 17.4 Å². The van der Waals surface area contributed by atoms with E-state index in [0.29, 0.717) is 17.6 Å². The lowest BCUT2D eigenvalue weighted by Gasteiger charge is -2.26. The number of hydrogen-bond donors (Lipinski definition) is 2. The number of hydrogen-bond acceptors (Lipinski definition) is 6. The molecule has 1 saturated carbocycles. The number of oxazole rings is 1. The van der Waals surface area contributed by atoms with E-state index in [4.69, 9.17) is 21.0 Å². The summed E-state index contributed by atoms with van der Waals surface area (Å²) in [7, 11) is 0. The first-order valence-corrected chi connectivity index (χ1v) is 9.69. The van der Waals surface area contributed by atoms with Gasteiger partial charge in [-0.2, -0.15) is 10.1 Å². The second kappa shape index (κ2) is 6.80. The second-order valence-electron chi connectivity index (χ2n) is 7.19. The summed E-state index contributed by atoms with van der Waals surface area (Å²) >= 11 is 0. The van der Waals surface area contributed by atoms with Crippen LogP contribution < -0.4 is 11.5 Å². The second-order valence-corrected chi connectivity index (χ2v) is 7.19. The molecule has 5 rings (SSSR count). The molecule has 30 heavy (non-hydrogen) atoms. The number of fused-ring (bicyclic) bond motifs is 1. The van der Waals surface area contributed by atoms with Crippen molar-refractivity contribution >= 4 is 17.3 Å². The molecule has 1 aliphatic heterocycles. The number of carbonyl (C=O) groups is 1. The molecule has 4 heterocycles. The Kier molecular flexibility index (Phi) is 4.09. The van der Waals surface area contributed by atoms with Crippen LogP contribution in [-0.4, -0.2) is 30.0 Å². The smallest absolute Gasteiger partial charge is 0.306 e.